The molecular formula is C19H26N4O2. The molecule has 0 bridgehead atoms. The van der Waals surface area contributed by atoms with Crippen molar-refractivity contribution in [3.05, 3.63) is 48.3 Å². The van der Waals surface area contributed by atoms with Gasteiger partial charge in [-0.15, -0.1) is 0 Å². The Morgan fingerprint density at radius 1 is 1.12 bits per heavy atom. The molecule has 2 N–H and O–H groups in total. The van der Waals surface area contributed by atoms with Crippen LogP contribution in [0.15, 0.2) is 42.7 Å². The van der Waals surface area contributed by atoms with E-state index in [0.29, 0.717) is 18.7 Å². The molecule has 1 heterocycles. The molecule has 134 valence electrons. The zero-order chi connectivity index (χ0) is 18.1. The number of nitrogens with zero attached hydrogens (tertiary/aromatic N) is 2. The van der Waals surface area contributed by atoms with Crippen molar-refractivity contribution in [2.75, 3.05) is 48.9 Å². The number of ether oxygens (including phenoxy) is 1. The molecule has 0 aliphatic carbocycles. The van der Waals surface area contributed by atoms with E-state index in [9.17, 15) is 4.79 Å². The number of carbonyl (C=O) groups excluding carboxylic acids is 1. The van der Waals surface area contributed by atoms with Crippen LogP contribution in [0, 0.1) is 0 Å². The van der Waals surface area contributed by atoms with Crippen LogP contribution in [0.2, 0.25) is 0 Å². The van der Waals surface area contributed by atoms with Crippen molar-refractivity contribution >= 4 is 23.0 Å². The highest BCUT2D eigenvalue weighted by Gasteiger charge is 2.08. The molecule has 0 spiro atoms. The van der Waals surface area contributed by atoms with Gasteiger partial charge in [0.1, 0.15) is 0 Å². The highest BCUT2D eigenvalue weighted by molar-refractivity contribution is 6.04. The molecule has 6 heteroatoms. The van der Waals surface area contributed by atoms with Gasteiger partial charge in [-0.1, -0.05) is 0 Å². The summed E-state index contributed by atoms with van der Waals surface area (Å²) in [5.74, 6) is -0.182. The van der Waals surface area contributed by atoms with Crippen LogP contribution in [0.1, 0.15) is 24.2 Å². The monoisotopic (exact) mass is 342 g/mol. The summed E-state index contributed by atoms with van der Waals surface area (Å²) in [4.78, 5) is 18.8. The summed E-state index contributed by atoms with van der Waals surface area (Å²) in [5, 5.41) is 6.07. The van der Waals surface area contributed by atoms with Crippen LogP contribution >= 0.6 is 0 Å². The normalized spacial score (nSPS) is 10.4. The van der Waals surface area contributed by atoms with Crippen molar-refractivity contribution in [2.24, 2.45) is 0 Å². The van der Waals surface area contributed by atoms with Crippen molar-refractivity contribution in [3.63, 3.8) is 0 Å². The first kappa shape index (κ1) is 18.7. The van der Waals surface area contributed by atoms with E-state index < -0.39 is 0 Å². The van der Waals surface area contributed by atoms with Crippen LogP contribution in [0.3, 0.4) is 0 Å². The molecule has 1 amide bonds. The van der Waals surface area contributed by atoms with Gasteiger partial charge in [-0.05, 0) is 44.2 Å². The fraction of sp³-hybridized carbons (Fsp3) is 0.368. The maximum atomic E-state index is 12.4. The summed E-state index contributed by atoms with van der Waals surface area (Å²) in [5.41, 5.74) is 3.21. The van der Waals surface area contributed by atoms with Crippen molar-refractivity contribution in [3.8, 4) is 0 Å². The van der Waals surface area contributed by atoms with Crippen LogP contribution in [0.4, 0.5) is 17.1 Å². The number of methoxy groups -OCH3 is 1. The minimum Gasteiger partial charge on any atom is -0.383 e. The number of pyridine rings is 1. The quantitative estimate of drug-likeness (QED) is 0.685. The number of nitrogens with one attached hydrogen (secondary N) is 2. The second-order valence-electron chi connectivity index (χ2n) is 5.56. The van der Waals surface area contributed by atoms with Gasteiger partial charge in [-0.3, -0.25) is 9.78 Å². The molecule has 0 saturated carbocycles. The van der Waals surface area contributed by atoms with Gasteiger partial charge in [0.15, 0.2) is 0 Å². The molecule has 2 aromatic rings. The Hall–Kier alpha value is -2.60. The van der Waals surface area contributed by atoms with Gasteiger partial charge in [0, 0.05) is 50.5 Å². The molecular weight excluding hydrogens is 316 g/mol. The molecule has 1 aromatic carbocycles. The summed E-state index contributed by atoms with van der Waals surface area (Å²) in [6, 6.07) is 9.65. The lowest BCUT2D eigenvalue weighted by Gasteiger charge is -2.21. The predicted molar refractivity (Wildman–Crippen MR) is 103 cm³/mol. The first-order valence-corrected chi connectivity index (χ1v) is 8.52. The molecule has 25 heavy (non-hydrogen) atoms. The summed E-state index contributed by atoms with van der Waals surface area (Å²) in [6.07, 6.45) is 3.24. The summed E-state index contributed by atoms with van der Waals surface area (Å²) >= 11 is 0. The lowest BCUT2D eigenvalue weighted by atomic mass is 10.2. The van der Waals surface area contributed by atoms with Gasteiger partial charge < -0.3 is 20.3 Å². The van der Waals surface area contributed by atoms with E-state index in [1.54, 1.807) is 25.6 Å². The molecule has 0 saturated heterocycles. The van der Waals surface area contributed by atoms with Crippen LogP contribution in [0.25, 0.3) is 0 Å². The molecule has 1 aromatic heterocycles. The van der Waals surface area contributed by atoms with Gasteiger partial charge in [0.05, 0.1) is 17.9 Å². The maximum absolute atomic E-state index is 12.4. The highest BCUT2D eigenvalue weighted by Crippen LogP contribution is 2.18. The van der Waals surface area contributed by atoms with Gasteiger partial charge in [0.2, 0.25) is 0 Å². The molecule has 2 rings (SSSR count). The molecule has 6 nitrogen and oxygen atoms in total. The number of hydrogen-bond acceptors (Lipinski definition) is 5. The van der Waals surface area contributed by atoms with Gasteiger partial charge >= 0.3 is 0 Å². The van der Waals surface area contributed by atoms with Gasteiger partial charge in [-0.25, -0.2) is 0 Å². The topological polar surface area (TPSA) is 66.5 Å². The molecule has 0 fully saturated rings. The molecule has 0 unspecified atom stereocenters. The van der Waals surface area contributed by atoms with Crippen LogP contribution in [-0.4, -0.2) is 44.2 Å². The SMILES string of the molecule is CCN(CC)c1ccc(NC(=O)c2cncc(NCCOC)c2)cc1. The van der Waals surface area contributed by atoms with Crippen LogP contribution < -0.4 is 15.5 Å². The molecule has 0 aliphatic heterocycles. The Morgan fingerprint density at radius 3 is 2.48 bits per heavy atom. The first-order chi connectivity index (χ1) is 12.2. The Morgan fingerprint density at radius 2 is 1.84 bits per heavy atom. The number of rotatable bonds is 9. The van der Waals surface area contributed by atoms with E-state index in [-0.39, 0.29) is 5.91 Å². The van der Waals surface area contributed by atoms with Gasteiger partial charge in [0.25, 0.3) is 5.91 Å². The smallest absolute Gasteiger partial charge is 0.257 e. The molecule has 0 atom stereocenters. The lowest BCUT2D eigenvalue weighted by molar-refractivity contribution is 0.102. The van der Waals surface area contributed by atoms with E-state index in [4.69, 9.17) is 4.74 Å². The van der Waals surface area contributed by atoms with Crippen molar-refractivity contribution < 1.29 is 9.53 Å². The van der Waals surface area contributed by atoms with Crippen LogP contribution in [0.5, 0.6) is 0 Å². The summed E-state index contributed by atoms with van der Waals surface area (Å²) in [6.45, 7) is 7.42. The van der Waals surface area contributed by atoms with Crippen molar-refractivity contribution in [1.29, 1.82) is 0 Å². The van der Waals surface area contributed by atoms with E-state index >= 15 is 0 Å². The second kappa shape index (κ2) is 9.64. The third-order valence-corrected chi connectivity index (χ3v) is 3.89. The second-order valence-corrected chi connectivity index (χ2v) is 5.56. The van der Waals surface area contributed by atoms with E-state index in [2.05, 4.69) is 34.4 Å². The number of carbonyl (C=O) groups is 1. The zero-order valence-corrected chi connectivity index (χ0v) is 15.1. The average molecular weight is 342 g/mol. The fourth-order valence-electron chi connectivity index (χ4n) is 2.51. The Bertz CT molecular complexity index is 669. The summed E-state index contributed by atoms with van der Waals surface area (Å²) in [7, 11) is 1.65. The number of amides is 1. The van der Waals surface area contributed by atoms with E-state index in [0.717, 1.165) is 30.2 Å². The molecule has 0 aliphatic rings. The van der Waals surface area contributed by atoms with E-state index in [1.165, 1.54) is 0 Å². The number of anilines is 3. The van der Waals surface area contributed by atoms with Crippen LogP contribution in [-0.2, 0) is 4.74 Å². The largest absolute Gasteiger partial charge is 0.383 e. The average Bonchev–Trinajstić information content (AvgIpc) is 2.64. The lowest BCUT2D eigenvalue weighted by Crippen LogP contribution is -2.21. The predicted octanol–water partition coefficient (Wildman–Crippen LogP) is 3.24. The van der Waals surface area contributed by atoms with Gasteiger partial charge in [-0.2, -0.15) is 0 Å². The zero-order valence-electron chi connectivity index (χ0n) is 15.1. The first-order valence-electron chi connectivity index (χ1n) is 8.52. The maximum Gasteiger partial charge on any atom is 0.257 e. The number of aromatic nitrogens is 1. The Labute approximate surface area is 149 Å². The standard InChI is InChI=1S/C19H26N4O2/c1-4-23(5-2)18-8-6-16(7-9-18)22-19(24)15-12-17(14-20-13-15)21-10-11-25-3/h6-9,12-14,21H,4-5,10-11H2,1-3H3,(H,22,24). The third-order valence-electron chi connectivity index (χ3n) is 3.89. The van der Waals surface area contributed by atoms with Crippen molar-refractivity contribution in [1.82, 2.24) is 4.98 Å². The summed E-state index contributed by atoms with van der Waals surface area (Å²) < 4.78 is 5.00. The van der Waals surface area contributed by atoms with Crippen molar-refractivity contribution in [2.45, 2.75) is 13.8 Å². The number of hydrogen-bond donors (Lipinski definition) is 2. The minimum absolute atomic E-state index is 0.182. The highest BCUT2D eigenvalue weighted by atomic mass is 16.5. The molecule has 0 radical (unpaired) electrons. The Kier molecular flexibility index (Phi) is 7.22. The fourth-order valence-corrected chi connectivity index (χ4v) is 2.51. The Balaban J connectivity index is 2.00. The third kappa shape index (κ3) is 5.46. The number of benzene rings is 1. The van der Waals surface area contributed by atoms with E-state index in [1.807, 2.05) is 24.3 Å². The minimum atomic E-state index is -0.182.